The van der Waals surface area contributed by atoms with Crippen molar-refractivity contribution < 1.29 is 4.70 Å². The lowest BCUT2D eigenvalue weighted by Crippen LogP contribution is -2.34. The first kappa shape index (κ1) is 16.3. The molecule has 88 valence electrons. The van der Waals surface area contributed by atoms with Gasteiger partial charge in [-0.1, -0.05) is 41.5 Å². The van der Waals surface area contributed by atoms with Crippen LogP contribution in [0.3, 0.4) is 0 Å². The van der Waals surface area contributed by atoms with E-state index in [2.05, 4.69) is 46.4 Å². The van der Waals surface area contributed by atoms with Gasteiger partial charge in [0, 0.05) is 19.6 Å². The normalized spacial score (nSPS) is 11.6. The van der Waals surface area contributed by atoms with Crippen molar-refractivity contribution in [2.75, 3.05) is 19.6 Å². The van der Waals surface area contributed by atoms with Gasteiger partial charge in [-0.25, -0.2) is 0 Å². The minimum absolute atomic E-state index is 0. The van der Waals surface area contributed by atoms with Crippen molar-refractivity contribution in [3.63, 3.8) is 0 Å². The molecule has 0 heterocycles. The van der Waals surface area contributed by atoms with Gasteiger partial charge in [-0.15, -0.1) is 0 Å². The van der Waals surface area contributed by atoms with Gasteiger partial charge in [-0.2, -0.15) is 0 Å². The van der Waals surface area contributed by atoms with Gasteiger partial charge < -0.3 is 4.90 Å². The van der Waals surface area contributed by atoms with Crippen molar-refractivity contribution >= 4 is 0 Å². The van der Waals surface area contributed by atoms with Crippen molar-refractivity contribution in [2.24, 2.45) is 17.8 Å². The first-order valence-corrected chi connectivity index (χ1v) is 5.64. The molecule has 0 amide bonds. The molecule has 0 atom stereocenters. The largest absolute Gasteiger partial charge is 0.303 e. The van der Waals surface area contributed by atoms with Gasteiger partial charge in [0.15, 0.2) is 0 Å². The Morgan fingerprint density at radius 1 is 0.643 bits per heavy atom. The standard InChI is InChI=1S/C12H27N.FH/c1-10(2)7-13(8-11(3)4)9-12(5)6;/h10-12H,7-9H2,1-6H3;1H. The van der Waals surface area contributed by atoms with Crippen molar-refractivity contribution in [3.8, 4) is 0 Å². The second-order valence-corrected chi connectivity index (χ2v) is 5.40. The maximum atomic E-state index is 2.60. The predicted molar refractivity (Wildman–Crippen MR) is 63.5 cm³/mol. The average Bonchev–Trinajstić information content (AvgIpc) is 1.80. The Balaban J connectivity index is 0. The molecule has 0 fully saturated rings. The molecule has 0 aliphatic heterocycles. The third-order valence-electron chi connectivity index (χ3n) is 1.87. The molecule has 0 radical (unpaired) electrons. The summed E-state index contributed by atoms with van der Waals surface area (Å²) in [5, 5.41) is 0. The zero-order chi connectivity index (χ0) is 10.4. The number of hydrogen-bond donors (Lipinski definition) is 0. The van der Waals surface area contributed by atoms with Gasteiger partial charge in [0.1, 0.15) is 0 Å². The maximum absolute atomic E-state index is 2.60. The molecule has 2 heteroatoms. The molecule has 0 aromatic rings. The summed E-state index contributed by atoms with van der Waals surface area (Å²) in [4.78, 5) is 2.60. The van der Waals surface area contributed by atoms with Crippen molar-refractivity contribution in [2.45, 2.75) is 41.5 Å². The molecule has 0 spiro atoms. The van der Waals surface area contributed by atoms with Crippen LogP contribution in [0.25, 0.3) is 0 Å². The van der Waals surface area contributed by atoms with Crippen LogP contribution in [0.1, 0.15) is 41.5 Å². The topological polar surface area (TPSA) is 3.24 Å². The Hall–Kier alpha value is -0.110. The summed E-state index contributed by atoms with van der Waals surface area (Å²) >= 11 is 0. The molecular formula is C12H28FN. The molecule has 14 heavy (non-hydrogen) atoms. The summed E-state index contributed by atoms with van der Waals surface area (Å²) in [6.07, 6.45) is 0. The van der Waals surface area contributed by atoms with E-state index in [1.165, 1.54) is 19.6 Å². The average molecular weight is 205 g/mol. The summed E-state index contributed by atoms with van der Waals surface area (Å²) in [5.74, 6) is 2.37. The molecule has 0 bridgehead atoms. The minimum atomic E-state index is 0. The second kappa shape index (κ2) is 8.22. The van der Waals surface area contributed by atoms with E-state index in [1.54, 1.807) is 0 Å². The highest BCUT2D eigenvalue weighted by Crippen LogP contribution is 2.06. The van der Waals surface area contributed by atoms with E-state index in [0.29, 0.717) is 0 Å². The number of rotatable bonds is 6. The van der Waals surface area contributed by atoms with E-state index in [0.717, 1.165) is 17.8 Å². The molecule has 0 aliphatic carbocycles. The molecule has 0 aromatic carbocycles. The third kappa shape index (κ3) is 9.97. The highest BCUT2D eigenvalue weighted by molar-refractivity contribution is 4.64. The van der Waals surface area contributed by atoms with Crippen molar-refractivity contribution in [1.29, 1.82) is 0 Å². The van der Waals surface area contributed by atoms with Crippen LogP contribution in [0.15, 0.2) is 0 Å². The van der Waals surface area contributed by atoms with Crippen LogP contribution in [0.5, 0.6) is 0 Å². The summed E-state index contributed by atoms with van der Waals surface area (Å²) in [7, 11) is 0. The Morgan fingerprint density at radius 3 is 1.00 bits per heavy atom. The minimum Gasteiger partial charge on any atom is -0.303 e. The second-order valence-electron chi connectivity index (χ2n) is 5.40. The molecule has 1 nitrogen and oxygen atoms in total. The highest BCUT2D eigenvalue weighted by atomic mass is 19.0. The van der Waals surface area contributed by atoms with Crippen molar-refractivity contribution in [3.05, 3.63) is 0 Å². The van der Waals surface area contributed by atoms with E-state index >= 15 is 0 Å². The van der Waals surface area contributed by atoms with E-state index in [4.69, 9.17) is 0 Å². The summed E-state index contributed by atoms with van der Waals surface area (Å²) in [6.45, 7) is 17.5. The van der Waals surface area contributed by atoms with Crippen LogP contribution in [0, 0.1) is 17.8 Å². The van der Waals surface area contributed by atoms with Crippen LogP contribution in [0.4, 0.5) is 4.70 Å². The van der Waals surface area contributed by atoms with Gasteiger partial charge in [0.2, 0.25) is 0 Å². The van der Waals surface area contributed by atoms with Gasteiger partial charge in [-0.05, 0) is 17.8 Å². The Morgan fingerprint density at radius 2 is 0.857 bits per heavy atom. The first-order valence-electron chi connectivity index (χ1n) is 5.64. The SMILES string of the molecule is CC(C)CN(CC(C)C)CC(C)C.F. The molecule has 0 aromatic heterocycles. The first-order chi connectivity index (χ1) is 5.91. The summed E-state index contributed by atoms with van der Waals surface area (Å²) < 4.78 is 0. The lowest BCUT2D eigenvalue weighted by atomic mass is 10.1. The number of halogens is 1. The fourth-order valence-corrected chi connectivity index (χ4v) is 1.77. The zero-order valence-corrected chi connectivity index (χ0v) is 10.7. The molecule has 0 aliphatic rings. The smallest absolute Gasteiger partial charge is 0.000461 e. The molecule has 0 saturated heterocycles. The molecule has 0 unspecified atom stereocenters. The van der Waals surface area contributed by atoms with Crippen molar-refractivity contribution in [1.82, 2.24) is 4.90 Å². The Labute approximate surface area is 89.2 Å². The molecular weight excluding hydrogens is 177 g/mol. The quantitative estimate of drug-likeness (QED) is 0.642. The van der Waals surface area contributed by atoms with Crippen LogP contribution >= 0.6 is 0 Å². The molecule has 0 rings (SSSR count). The van der Waals surface area contributed by atoms with Crippen LogP contribution in [-0.4, -0.2) is 24.5 Å². The number of nitrogens with zero attached hydrogens (tertiary/aromatic N) is 1. The summed E-state index contributed by atoms with van der Waals surface area (Å²) in [5.41, 5.74) is 0. The van der Waals surface area contributed by atoms with Gasteiger partial charge in [0.25, 0.3) is 0 Å². The van der Waals surface area contributed by atoms with Gasteiger partial charge >= 0.3 is 0 Å². The molecule has 0 saturated carbocycles. The zero-order valence-electron chi connectivity index (χ0n) is 10.7. The number of hydrogen-bond acceptors (Lipinski definition) is 1. The van der Waals surface area contributed by atoms with Crippen LogP contribution in [-0.2, 0) is 0 Å². The Bertz CT molecular complexity index is 97.7. The Kier molecular flexibility index (Phi) is 9.58. The fraction of sp³-hybridized carbons (Fsp3) is 1.00. The van der Waals surface area contributed by atoms with Crippen LogP contribution < -0.4 is 0 Å². The monoisotopic (exact) mass is 205 g/mol. The van der Waals surface area contributed by atoms with E-state index < -0.39 is 0 Å². The van der Waals surface area contributed by atoms with Crippen LogP contribution in [0.2, 0.25) is 0 Å². The fourth-order valence-electron chi connectivity index (χ4n) is 1.77. The molecule has 0 N–H and O–H groups in total. The van der Waals surface area contributed by atoms with Gasteiger partial charge in [-0.3, -0.25) is 4.70 Å². The maximum Gasteiger partial charge on any atom is 0.000461 e. The van der Waals surface area contributed by atoms with E-state index in [-0.39, 0.29) is 4.70 Å². The predicted octanol–water partition coefficient (Wildman–Crippen LogP) is 3.41. The van der Waals surface area contributed by atoms with E-state index in [9.17, 15) is 0 Å². The van der Waals surface area contributed by atoms with E-state index in [1.807, 2.05) is 0 Å². The lowest BCUT2D eigenvalue weighted by Gasteiger charge is -2.27. The summed E-state index contributed by atoms with van der Waals surface area (Å²) in [6, 6.07) is 0. The highest BCUT2D eigenvalue weighted by Gasteiger charge is 2.10. The third-order valence-corrected chi connectivity index (χ3v) is 1.87. The van der Waals surface area contributed by atoms with Gasteiger partial charge in [0.05, 0.1) is 0 Å². The lowest BCUT2D eigenvalue weighted by molar-refractivity contribution is 0.198.